The fourth-order valence-corrected chi connectivity index (χ4v) is 6.65. The maximum absolute atomic E-state index is 6.41. The number of aromatic nitrogens is 2. The number of para-hydroxylation sites is 3. The van der Waals surface area contributed by atoms with Crippen LogP contribution in [0.1, 0.15) is 0 Å². The Hall–Kier alpha value is -6.39. The molecule has 0 saturated heterocycles. The summed E-state index contributed by atoms with van der Waals surface area (Å²) in [6.07, 6.45) is 2.09. The van der Waals surface area contributed by atoms with Gasteiger partial charge in [-0.2, -0.15) is 0 Å². The SMILES string of the molecule is c1ccc(-c2nc3ccccn3c2-c2ccc(N(c3ccccc3)c3cccc(-c4cccc5c4oc4ccccc45)c3)cc2)cc1. The van der Waals surface area contributed by atoms with Crippen molar-refractivity contribution in [3.05, 3.63) is 176 Å². The molecule has 3 aromatic heterocycles. The second-order valence-electron chi connectivity index (χ2n) is 11.7. The molecule has 0 bridgehead atoms. The molecule has 4 heteroatoms. The smallest absolute Gasteiger partial charge is 0.143 e. The van der Waals surface area contributed by atoms with Gasteiger partial charge in [0, 0.05) is 50.7 Å². The third-order valence-electron chi connectivity index (χ3n) is 8.81. The number of nitrogens with zero attached hydrogens (tertiary/aromatic N) is 3. The van der Waals surface area contributed by atoms with Crippen LogP contribution in [0.4, 0.5) is 17.1 Å². The quantitative estimate of drug-likeness (QED) is 0.190. The van der Waals surface area contributed by atoms with Crippen molar-refractivity contribution in [1.82, 2.24) is 9.38 Å². The zero-order valence-electron chi connectivity index (χ0n) is 25.5. The molecule has 0 atom stereocenters. The molecular weight excluding hydrogens is 574 g/mol. The van der Waals surface area contributed by atoms with E-state index in [9.17, 15) is 0 Å². The normalized spacial score (nSPS) is 11.4. The van der Waals surface area contributed by atoms with Gasteiger partial charge in [0.25, 0.3) is 0 Å². The van der Waals surface area contributed by atoms with E-state index in [4.69, 9.17) is 9.40 Å². The van der Waals surface area contributed by atoms with Crippen molar-refractivity contribution in [1.29, 1.82) is 0 Å². The maximum Gasteiger partial charge on any atom is 0.143 e. The molecule has 0 saturated carbocycles. The van der Waals surface area contributed by atoms with Crippen LogP contribution in [-0.4, -0.2) is 9.38 Å². The van der Waals surface area contributed by atoms with Gasteiger partial charge in [-0.1, -0.05) is 115 Å². The van der Waals surface area contributed by atoms with Crippen molar-refractivity contribution >= 4 is 44.6 Å². The molecule has 0 amide bonds. The summed E-state index contributed by atoms with van der Waals surface area (Å²) in [4.78, 5) is 7.33. The minimum absolute atomic E-state index is 0.901. The summed E-state index contributed by atoms with van der Waals surface area (Å²) in [7, 11) is 0. The molecule has 6 aromatic carbocycles. The van der Waals surface area contributed by atoms with Gasteiger partial charge in [-0.3, -0.25) is 4.40 Å². The fraction of sp³-hybridized carbons (Fsp3) is 0. The standard InChI is InChI=1S/C43H29N3O/c1-3-13-30(14-4-1)41-42(45-28-10-9-23-40(45)44-41)31-24-26-34(27-25-31)46(33-16-5-2-6-17-33)35-18-11-15-32(29-35)36-20-12-21-38-37-19-7-8-22-39(37)47-43(36)38/h1-29H. The van der Waals surface area contributed by atoms with E-state index in [1.54, 1.807) is 0 Å². The van der Waals surface area contributed by atoms with E-state index in [1.807, 2.05) is 24.3 Å². The highest BCUT2D eigenvalue weighted by atomic mass is 16.3. The first-order chi connectivity index (χ1) is 23.3. The first kappa shape index (κ1) is 27.0. The van der Waals surface area contributed by atoms with E-state index in [1.165, 1.54) is 0 Å². The van der Waals surface area contributed by atoms with Gasteiger partial charge in [-0.15, -0.1) is 0 Å². The van der Waals surface area contributed by atoms with Crippen LogP contribution in [-0.2, 0) is 0 Å². The topological polar surface area (TPSA) is 33.7 Å². The van der Waals surface area contributed by atoms with Gasteiger partial charge in [0.05, 0.1) is 11.4 Å². The van der Waals surface area contributed by atoms with E-state index in [-0.39, 0.29) is 0 Å². The Labute approximate surface area is 272 Å². The molecule has 222 valence electrons. The number of furan rings is 1. The average molecular weight is 604 g/mol. The predicted octanol–water partition coefficient (Wildman–Crippen LogP) is 11.7. The summed E-state index contributed by atoms with van der Waals surface area (Å²) in [5, 5.41) is 2.26. The van der Waals surface area contributed by atoms with E-state index in [0.29, 0.717) is 0 Å². The number of benzene rings is 6. The molecule has 9 aromatic rings. The minimum Gasteiger partial charge on any atom is -0.455 e. The molecule has 0 fully saturated rings. The lowest BCUT2D eigenvalue weighted by Crippen LogP contribution is -2.09. The van der Waals surface area contributed by atoms with Crippen LogP contribution in [0.15, 0.2) is 180 Å². The molecular formula is C43H29N3O. The van der Waals surface area contributed by atoms with Gasteiger partial charge in [-0.25, -0.2) is 4.98 Å². The molecule has 0 aliphatic heterocycles. The number of pyridine rings is 1. The van der Waals surface area contributed by atoms with Gasteiger partial charge in [0.2, 0.25) is 0 Å². The molecule has 47 heavy (non-hydrogen) atoms. The molecule has 0 spiro atoms. The van der Waals surface area contributed by atoms with E-state index in [2.05, 4.69) is 161 Å². The average Bonchev–Trinajstić information content (AvgIpc) is 3.72. The molecule has 3 heterocycles. The van der Waals surface area contributed by atoms with Crippen molar-refractivity contribution in [3.8, 4) is 33.6 Å². The third kappa shape index (κ3) is 4.66. The van der Waals surface area contributed by atoms with Gasteiger partial charge in [0.15, 0.2) is 0 Å². The largest absolute Gasteiger partial charge is 0.455 e. The van der Waals surface area contributed by atoms with Crippen molar-refractivity contribution in [2.45, 2.75) is 0 Å². The van der Waals surface area contributed by atoms with Crippen LogP contribution in [0.25, 0.3) is 61.2 Å². The number of fused-ring (bicyclic) bond motifs is 4. The molecule has 0 aliphatic rings. The van der Waals surface area contributed by atoms with Crippen LogP contribution in [0.5, 0.6) is 0 Å². The van der Waals surface area contributed by atoms with Crippen molar-refractivity contribution in [2.75, 3.05) is 4.90 Å². The number of imidazole rings is 1. The van der Waals surface area contributed by atoms with Crippen LogP contribution in [0.2, 0.25) is 0 Å². The lowest BCUT2D eigenvalue weighted by atomic mass is 10.0. The molecule has 0 unspecified atom stereocenters. The van der Waals surface area contributed by atoms with Gasteiger partial charge in [0.1, 0.15) is 16.8 Å². The summed E-state index contributed by atoms with van der Waals surface area (Å²) in [5.74, 6) is 0. The first-order valence-electron chi connectivity index (χ1n) is 15.8. The number of hydrogen-bond donors (Lipinski definition) is 0. The second kappa shape index (κ2) is 11.2. The van der Waals surface area contributed by atoms with Gasteiger partial charge in [-0.05, 0) is 60.2 Å². The Kier molecular flexibility index (Phi) is 6.43. The highest BCUT2D eigenvalue weighted by Gasteiger charge is 2.19. The highest BCUT2D eigenvalue weighted by molar-refractivity contribution is 6.09. The maximum atomic E-state index is 6.41. The molecule has 0 aliphatic carbocycles. The van der Waals surface area contributed by atoms with E-state index < -0.39 is 0 Å². The molecule has 4 nitrogen and oxygen atoms in total. The van der Waals surface area contributed by atoms with E-state index >= 15 is 0 Å². The molecule has 0 radical (unpaired) electrons. The van der Waals surface area contributed by atoms with Gasteiger partial charge >= 0.3 is 0 Å². The lowest BCUT2D eigenvalue weighted by Gasteiger charge is -2.26. The monoisotopic (exact) mass is 603 g/mol. The minimum atomic E-state index is 0.901. The first-order valence-corrected chi connectivity index (χ1v) is 15.8. The summed E-state index contributed by atoms with van der Waals surface area (Å²) >= 11 is 0. The Balaban J connectivity index is 1.16. The molecule has 9 rings (SSSR count). The summed E-state index contributed by atoms with van der Waals surface area (Å²) < 4.78 is 8.58. The lowest BCUT2D eigenvalue weighted by molar-refractivity contribution is 0.670. The van der Waals surface area contributed by atoms with Crippen molar-refractivity contribution < 1.29 is 4.42 Å². The third-order valence-corrected chi connectivity index (χ3v) is 8.81. The zero-order chi connectivity index (χ0) is 31.2. The fourth-order valence-electron chi connectivity index (χ4n) is 6.65. The van der Waals surface area contributed by atoms with Crippen LogP contribution in [0.3, 0.4) is 0 Å². The number of hydrogen-bond acceptors (Lipinski definition) is 3. The Morgan fingerprint density at radius 1 is 0.489 bits per heavy atom. The Bertz CT molecular complexity index is 2510. The summed E-state index contributed by atoms with van der Waals surface area (Å²) in [6, 6.07) is 59.2. The highest BCUT2D eigenvalue weighted by Crippen LogP contribution is 2.41. The Morgan fingerprint density at radius 2 is 1.15 bits per heavy atom. The van der Waals surface area contributed by atoms with Crippen LogP contribution < -0.4 is 4.90 Å². The van der Waals surface area contributed by atoms with Crippen molar-refractivity contribution in [2.24, 2.45) is 0 Å². The predicted molar refractivity (Wildman–Crippen MR) is 193 cm³/mol. The molecule has 0 N–H and O–H groups in total. The number of anilines is 3. The van der Waals surface area contributed by atoms with E-state index in [0.717, 1.165) is 78.3 Å². The summed E-state index contributed by atoms with van der Waals surface area (Å²) in [6.45, 7) is 0. The van der Waals surface area contributed by atoms with Gasteiger partial charge < -0.3 is 9.32 Å². The Morgan fingerprint density at radius 3 is 2.00 bits per heavy atom. The van der Waals surface area contributed by atoms with Crippen LogP contribution in [0, 0.1) is 0 Å². The van der Waals surface area contributed by atoms with Crippen LogP contribution >= 0.6 is 0 Å². The number of rotatable bonds is 6. The van der Waals surface area contributed by atoms with Crippen molar-refractivity contribution in [3.63, 3.8) is 0 Å². The summed E-state index contributed by atoms with van der Waals surface area (Å²) in [5.41, 5.74) is 12.4. The zero-order valence-corrected chi connectivity index (χ0v) is 25.5. The second-order valence-corrected chi connectivity index (χ2v) is 11.7.